The fourth-order valence-corrected chi connectivity index (χ4v) is 3.91. The van der Waals surface area contributed by atoms with E-state index in [1.54, 1.807) is 6.92 Å². The molecule has 4 nitrogen and oxygen atoms in total. The number of rotatable bonds is 7. The monoisotopic (exact) mass is 676 g/mol. The molecule has 0 spiro atoms. The van der Waals surface area contributed by atoms with E-state index >= 15 is 0 Å². The number of nitriles is 2. The van der Waals surface area contributed by atoms with E-state index in [-0.39, 0.29) is 17.5 Å². The maximum atomic E-state index is 14.0. The number of alkyl halides is 4. The first kappa shape index (κ1) is 36.1. The predicted molar refractivity (Wildman–Crippen MR) is 138 cm³/mol. The van der Waals surface area contributed by atoms with Crippen LogP contribution in [0.2, 0.25) is 0 Å². The maximum Gasteiger partial charge on any atom is 0.432 e. The lowest BCUT2D eigenvalue weighted by Gasteiger charge is -2.20. The molecule has 246 valence electrons. The Labute approximate surface area is 257 Å². The van der Waals surface area contributed by atoms with Crippen LogP contribution in [0.1, 0.15) is 40.3 Å². The molecule has 0 N–H and O–H groups in total. The highest BCUT2D eigenvalue weighted by atomic mass is 19.3. The topological polar surface area (TPSA) is 66.0 Å². The molecule has 0 aromatic heterocycles. The van der Waals surface area contributed by atoms with Gasteiger partial charge in [-0.1, -0.05) is 6.92 Å². The Morgan fingerprint density at radius 2 is 0.830 bits per heavy atom. The van der Waals surface area contributed by atoms with Gasteiger partial charge in [0.15, 0.2) is 0 Å². The largest absolute Gasteiger partial charge is 0.432 e. The van der Waals surface area contributed by atoms with Crippen molar-refractivity contribution in [2.45, 2.75) is 32.5 Å². The molecule has 0 atom stereocenters. The summed E-state index contributed by atoms with van der Waals surface area (Å²) in [5, 5.41) is 17.0. The first-order chi connectivity index (χ1) is 21.8. The molecule has 0 fully saturated rings. The van der Waals surface area contributed by atoms with Gasteiger partial charge in [0.2, 0.25) is 0 Å². The smallest absolute Gasteiger partial charge is 0.429 e. The second-order valence-corrected chi connectivity index (χ2v) is 9.38. The van der Waals surface area contributed by atoms with Crippen LogP contribution in [-0.2, 0) is 18.6 Å². The minimum absolute atomic E-state index is 0.0648. The molecule has 0 unspecified atom stereocenters. The lowest BCUT2D eigenvalue weighted by atomic mass is 10.1. The maximum absolute atomic E-state index is 14.0. The summed E-state index contributed by atoms with van der Waals surface area (Å²) in [7, 11) is 0. The van der Waals surface area contributed by atoms with Crippen LogP contribution in [0.4, 0.5) is 52.7 Å². The summed E-state index contributed by atoms with van der Waals surface area (Å²) in [5.41, 5.74) is -5.13. The third-order valence-electron chi connectivity index (χ3n) is 6.03. The number of aryl methyl sites for hydroxylation is 2. The van der Waals surface area contributed by atoms with Gasteiger partial charge in [0, 0.05) is 24.3 Å². The Bertz CT molecular complexity index is 1820. The van der Waals surface area contributed by atoms with Crippen molar-refractivity contribution in [3.8, 4) is 23.6 Å². The van der Waals surface area contributed by atoms with Crippen LogP contribution in [-0.4, -0.2) is 0 Å². The minimum atomic E-state index is -4.52. The van der Waals surface area contributed by atoms with E-state index in [0.29, 0.717) is 36.4 Å². The van der Waals surface area contributed by atoms with Crippen LogP contribution < -0.4 is 9.47 Å². The molecule has 0 saturated heterocycles. The van der Waals surface area contributed by atoms with E-state index < -0.39 is 92.5 Å². The molecule has 0 aliphatic heterocycles. The number of benzene rings is 4. The lowest BCUT2D eigenvalue weighted by Crippen LogP contribution is -2.25. The molecule has 0 heterocycles. The number of halogens is 12. The van der Waals surface area contributed by atoms with Crippen molar-refractivity contribution in [3.63, 3.8) is 0 Å². The predicted octanol–water partition coefficient (Wildman–Crippen LogP) is 9.36. The highest BCUT2D eigenvalue weighted by Crippen LogP contribution is 2.37. The molecule has 4 aromatic rings. The summed E-state index contributed by atoms with van der Waals surface area (Å²) in [6.07, 6.45) is -8.82. The van der Waals surface area contributed by atoms with Gasteiger partial charge in [-0.05, 0) is 48.7 Å². The van der Waals surface area contributed by atoms with Crippen LogP contribution in [0.3, 0.4) is 0 Å². The molecule has 0 aliphatic rings. The van der Waals surface area contributed by atoms with Crippen molar-refractivity contribution in [2.24, 2.45) is 0 Å². The van der Waals surface area contributed by atoms with Gasteiger partial charge in [0.25, 0.3) is 0 Å². The normalized spacial score (nSPS) is 11.2. The quantitative estimate of drug-likeness (QED) is 0.183. The van der Waals surface area contributed by atoms with E-state index in [1.807, 2.05) is 0 Å². The Morgan fingerprint density at radius 3 is 1.11 bits per heavy atom. The Hall–Kier alpha value is -5.38. The molecule has 0 amide bonds. The highest BCUT2D eigenvalue weighted by molar-refractivity contribution is 5.40. The van der Waals surface area contributed by atoms with Crippen molar-refractivity contribution in [2.75, 3.05) is 0 Å². The summed E-state index contributed by atoms with van der Waals surface area (Å²) in [4.78, 5) is 0. The average molecular weight is 676 g/mol. The van der Waals surface area contributed by atoms with Gasteiger partial charge in [-0.2, -0.15) is 28.1 Å². The van der Waals surface area contributed by atoms with Crippen LogP contribution in [0.15, 0.2) is 48.5 Å². The molecule has 4 aromatic carbocycles. The summed E-state index contributed by atoms with van der Waals surface area (Å²) in [6.45, 7) is 2.87. The molecule has 47 heavy (non-hydrogen) atoms. The van der Waals surface area contributed by atoms with Gasteiger partial charge < -0.3 is 9.47 Å². The molecular formula is C31H16F12N2O2. The minimum Gasteiger partial charge on any atom is -0.429 e. The average Bonchev–Trinajstić information content (AvgIpc) is 2.91. The van der Waals surface area contributed by atoms with Gasteiger partial charge in [0.05, 0.1) is 0 Å². The molecule has 4 rings (SSSR count). The number of ether oxygens (including phenoxy) is 2. The molecule has 0 aliphatic carbocycles. The summed E-state index contributed by atoms with van der Waals surface area (Å²) in [5.74, 6) is -14.0. The Balaban J connectivity index is 0.000000256. The molecule has 0 radical (unpaired) electrons. The molecular weight excluding hydrogens is 660 g/mol. The highest BCUT2D eigenvalue weighted by Gasteiger charge is 2.42. The fraction of sp³-hybridized carbons (Fsp3) is 0.161. The zero-order valence-electron chi connectivity index (χ0n) is 23.6. The number of hydrogen-bond acceptors (Lipinski definition) is 4. The lowest BCUT2D eigenvalue weighted by molar-refractivity contribution is -0.190. The van der Waals surface area contributed by atoms with E-state index in [4.69, 9.17) is 10.5 Å². The van der Waals surface area contributed by atoms with Crippen LogP contribution in [0.25, 0.3) is 0 Å². The van der Waals surface area contributed by atoms with Crippen molar-refractivity contribution >= 4 is 0 Å². The number of hydrogen-bond donors (Lipinski definition) is 0. The zero-order chi connectivity index (χ0) is 35.4. The molecule has 0 bridgehead atoms. The third kappa shape index (κ3) is 8.07. The van der Waals surface area contributed by atoms with Crippen molar-refractivity contribution in [1.82, 2.24) is 0 Å². The second-order valence-electron chi connectivity index (χ2n) is 9.38. The van der Waals surface area contributed by atoms with Gasteiger partial charge >= 0.3 is 12.2 Å². The Kier molecular flexibility index (Phi) is 10.7. The number of nitrogens with zero attached hydrogens (tertiary/aromatic N) is 2. The second kappa shape index (κ2) is 13.9. The standard InChI is InChI=1S/C16H9F6NO.C15H7F6NO/c1-2-8-3-13(19)15(14(20)4-8)16(21,22)24-9-5-11(17)10(7-23)12(18)6-9;1-7-2-12(18)14(13(19)3-7)15(20,21)23-8-4-10(16)9(6-22)11(17)5-8/h3-6H,2H2,1H3;2-5H,1H3. The summed E-state index contributed by atoms with van der Waals surface area (Å²) < 4.78 is 172. The first-order valence-corrected chi connectivity index (χ1v) is 12.7. The summed E-state index contributed by atoms with van der Waals surface area (Å²) in [6, 6.07) is 6.45. The summed E-state index contributed by atoms with van der Waals surface area (Å²) >= 11 is 0. The van der Waals surface area contributed by atoms with E-state index in [9.17, 15) is 52.7 Å². The SMILES string of the molecule is CCc1cc(F)c(C(F)(F)Oc2cc(F)c(C#N)c(F)c2)c(F)c1.Cc1cc(F)c(C(F)(F)Oc2cc(F)c(C#N)c(F)c2)c(F)c1. The Morgan fingerprint density at radius 1 is 0.532 bits per heavy atom. The van der Waals surface area contributed by atoms with Gasteiger partial charge in [-0.15, -0.1) is 0 Å². The van der Waals surface area contributed by atoms with E-state index in [2.05, 4.69) is 9.47 Å². The van der Waals surface area contributed by atoms with Gasteiger partial charge in [-0.3, -0.25) is 0 Å². The third-order valence-corrected chi connectivity index (χ3v) is 6.03. The molecule has 0 saturated carbocycles. The zero-order valence-corrected chi connectivity index (χ0v) is 23.6. The molecule has 16 heteroatoms. The van der Waals surface area contributed by atoms with Crippen LogP contribution >= 0.6 is 0 Å². The fourth-order valence-electron chi connectivity index (χ4n) is 3.91. The van der Waals surface area contributed by atoms with Crippen LogP contribution in [0.5, 0.6) is 11.5 Å². The van der Waals surface area contributed by atoms with E-state index in [1.165, 1.54) is 19.1 Å². The first-order valence-electron chi connectivity index (χ1n) is 12.7. The van der Waals surface area contributed by atoms with Crippen molar-refractivity contribution in [1.29, 1.82) is 10.5 Å². The van der Waals surface area contributed by atoms with Gasteiger partial charge in [-0.25, -0.2) is 35.1 Å². The van der Waals surface area contributed by atoms with Crippen molar-refractivity contribution < 1.29 is 62.2 Å². The van der Waals surface area contributed by atoms with Crippen LogP contribution in [0, 0.1) is 76.1 Å². The van der Waals surface area contributed by atoms with Gasteiger partial charge in [0.1, 0.15) is 92.4 Å². The van der Waals surface area contributed by atoms with Crippen molar-refractivity contribution in [3.05, 3.63) is 128 Å². The van der Waals surface area contributed by atoms with E-state index in [0.717, 1.165) is 12.1 Å².